The van der Waals surface area contributed by atoms with E-state index in [0.29, 0.717) is 10.0 Å². The first kappa shape index (κ1) is 14.0. The molecule has 0 aliphatic carbocycles. The first-order valence-corrected chi connectivity index (χ1v) is 7.13. The molecule has 1 heterocycles. The Morgan fingerprint density at radius 1 is 1.10 bits per heavy atom. The summed E-state index contributed by atoms with van der Waals surface area (Å²) >= 11 is 12.4. The Bertz CT molecular complexity index is 839. The topological polar surface area (TPSA) is 48.0 Å². The first-order valence-electron chi connectivity index (χ1n) is 6.38. The van der Waals surface area contributed by atoms with Crippen LogP contribution in [-0.2, 0) is 11.3 Å². The second kappa shape index (κ2) is 5.43. The quantitative estimate of drug-likeness (QED) is 0.776. The zero-order chi connectivity index (χ0) is 15.0. The van der Waals surface area contributed by atoms with Gasteiger partial charge in [-0.15, -0.1) is 0 Å². The maximum absolute atomic E-state index is 11.2. The number of nitrogens with zero attached hydrogens (tertiary/aromatic N) is 1. The highest BCUT2D eigenvalue weighted by Gasteiger charge is 2.13. The number of fused-ring (bicyclic) bond motifs is 1. The van der Waals surface area contributed by atoms with Crippen molar-refractivity contribution in [3.8, 4) is 11.1 Å². The molecule has 3 nitrogen and oxygen atoms in total. The van der Waals surface area contributed by atoms with Crippen molar-refractivity contribution in [3.05, 3.63) is 58.7 Å². The second-order valence-electron chi connectivity index (χ2n) is 4.78. The van der Waals surface area contributed by atoms with E-state index in [2.05, 4.69) is 0 Å². The standard InChI is InChI=1S/C16H12Cl2N2O/c17-10-5-6-15-12(7-10)13(8-20(15)9-16(19)21)11-3-1-2-4-14(11)18/h1-8H,9H2,(H2,19,21). The minimum absolute atomic E-state index is 0.114. The van der Waals surface area contributed by atoms with Crippen LogP contribution in [0, 0.1) is 0 Å². The number of hydrogen-bond acceptors (Lipinski definition) is 1. The van der Waals surface area contributed by atoms with Gasteiger partial charge in [0, 0.05) is 38.3 Å². The van der Waals surface area contributed by atoms with Gasteiger partial charge in [0.25, 0.3) is 0 Å². The van der Waals surface area contributed by atoms with Gasteiger partial charge in [-0.3, -0.25) is 4.79 Å². The lowest BCUT2D eigenvalue weighted by Crippen LogP contribution is -2.17. The molecule has 0 radical (unpaired) electrons. The Morgan fingerprint density at radius 2 is 1.86 bits per heavy atom. The van der Waals surface area contributed by atoms with Crippen LogP contribution in [-0.4, -0.2) is 10.5 Å². The van der Waals surface area contributed by atoms with Gasteiger partial charge in [0.1, 0.15) is 6.54 Å². The Labute approximate surface area is 131 Å². The molecule has 0 atom stereocenters. The summed E-state index contributed by atoms with van der Waals surface area (Å²) in [5.74, 6) is -0.396. The lowest BCUT2D eigenvalue weighted by molar-refractivity contribution is -0.118. The van der Waals surface area contributed by atoms with E-state index in [1.165, 1.54) is 0 Å². The summed E-state index contributed by atoms with van der Waals surface area (Å²) in [6.07, 6.45) is 1.88. The molecule has 5 heteroatoms. The molecule has 0 aliphatic heterocycles. The molecule has 0 aliphatic rings. The van der Waals surface area contributed by atoms with Crippen LogP contribution in [0.15, 0.2) is 48.7 Å². The lowest BCUT2D eigenvalue weighted by atomic mass is 10.1. The van der Waals surface area contributed by atoms with Crippen molar-refractivity contribution in [3.63, 3.8) is 0 Å². The molecule has 0 bridgehead atoms. The third kappa shape index (κ3) is 2.62. The van der Waals surface area contributed by atoms with E-state index >= 15 is 0 Å². The van der Waals surface area contributed by atoms with Crippen LogP contribution in [0.25, 0.3) is 22.0 Å². The molecule has 106 valence electrons. The predicted octanol–water partition coefficient (Wildman–Crippen LogP) is 4.10. The smallest absolute Gasteiger partial charge is 0.237 e. The zero-order valence-corrected chi connectivity index (χ0v) is 12.5. The second-order valence-corrected chi connectivity index (χ2v) is 5.62. The van der Waals surface area contributed by atoms with E-state index in [1.54, 1.807) is 6.07 Å². The summed E-state index contributed by atoms with van der Waals surface area (Å²) in [4.78, 5) is 11.2. The number of benzene rings is 2. The van der Waals surface area contributed by atoms with Crippen molar-refractivity contribution in [2.45, 2.75) is 6.54 Å². The molecule has 0 spiro atoms. The molecule has 0 fully saturated rings. The summed E-state index contributed by atoms with van der Waals surface area (Å²) < 4.78 is 1.81. The monoisotopic (exact) mass is 318 g/mol. The number of carbonyl (C=O) groups is 1. The van der Waals surface area contributed by atoms with Crippen molar-refractivity contribution in [1.29, 1.82) is 0 Å². The average molecular weight is 319 g/mol. The Kier molecular flexibility index (Phi) is 3.62. The van der Waals surface area contributed by atoms with Crippen LogP contribution in [0.1, 0.15) is 0 Å². The van der Waals surface area contributed by atoms with Crippen LogP contribution in [0.3, 0.4) is 0 Å². The van der Waals surface area contributed by atoms with E-state index in [9.17, 15) is 4.79 Å². The van der Waals surface area contributed by atoms with Crippen LogP contribution in [0.2, 0.25) is 10.0 Å². The van der Waals surface area contributed by atoms with Crippen LogP contribution >= 0.6 is 23.2 Å². The molecule has 0 saturated heterocycles. The van der Waals surface area contributed by atoms with E-state index < -0.39 is 5.91 Å². The van der Waals surface area contributed by atoms with E-state index in [1.807, 2.05) is 47.2 Å². The Morgan fingerprint density at radius 3 is 2.57 bits per heavy atom. The summed E-state index contributed by atoms with van der Waals surface area (Å²) in [5, 5.41) is 2.22. The largest absolute Gasteiger partial charge is 0.368 e. The maximum Gasteiger partial charge on any atom is 0.237 e. The van der Waals surface area contributed by atoms with Gasteiger partial charge in [0.2, 0.25) is 5.91 Å². The van der Waals surface area contributed by atoms with Gasteiger partial charge in [-0.05, 0) is 24.3 Å². The van der Waals surface area contributed by atoms with Gasteiger partial charge in [0.05, 0.1) is 0 Å². The fourth-order valence-electron chi connectivity index (χ4n) is 2.46. The van der Waals surface area contributed by atoms with Gasteiger partial charge in [-0.2, -0.15) is 0 Å². The van der Waals surface area contributed by atoms with Crippen molar-refractivity contribution < 1.29 is 4.79 Å². The van der Waals surface area contributed by atoms with Gasteiger partial charge < -0.3 is 10.3 Å². The highest BCUT2D eigenvalue weighted by atomic mass is 35.5. The van der Waals surface area contributed by atoms with Crippen molar-refractivity contribution in [2.75, 3.05) is 0 Å². The summed E-state index contributed by atoms with van der Waals surface area (Å²) in [7, 11) is 0. The molecule has 0 unspecified atom stereocenters. The summed E-state index contributed by atoms with van der Waals surface area (Å²) in [5.41, 5.74) is 8.04. The van der Waals surface area contributed by atoms with Crippen molar-refractivity contribution >= 4 is 40.0 Å². The number of halogens is 2. The Balaban J connectivity index is 2.29. The third-order valence-electron chi connectivity index (χ3n) is 3.33. The number of aromatic nitrogens is 1. The molecule has 1 aromatic heterocycles. The molecule has 21 heavy (non-hydrogen) atoms. The van der Waals surface area contributed by atoms with E-state index in [-0.39, 0.29) is 6.54 Å². The van der Waals surface area contributed by atoms with Crippen LogP contribution in [0.5, 0.6) is 0 Å². The Hall–Kier alpha value is -1.97. The fourth-order valence-corrected chi connectivity index (χ4v) is 2.87. The van der Waals surface area contributed by atoms with Gasteiger partial charge in [-0.25, -0.2) is 0 Å². The summed E-state index contributed by atoms with van der Waals surface area (Å²) in [6.45, 7) is 0.114. The highest BCUT2D eigenvalue weighted by Crippen LogP contribution is 2.36. The van der Waals surface area contributed by atoms with Crippen molar-refractivity contribution in [2.24, 2.45) is 5.73 Å². The first-order chi connectivity index (χ1) is 10.1. The molecular formula is C16H12Cl2N2O. The molecule has 0 saturated carbocycles. The number of rotatable bonds is 3. The number of amides is 1. The van der Waals surface area contributed by atoms with Gasteiger partial charge >= 0.3 is 0 Å². The SMILES string of the molecule is NC(=O)Cn1cc(-c2ccccc2Cl)c2cc(Cl)ccc21. The number of primary amides is 1. The molecule has 1 amide bonds. The van der Waals surface area contributed by atoms with Crippen molar-refractivity contribution in [1.82, 2.24) is 4.57 Å². The number of carbonyl (C=O) groups excluding carboxylic acids is 1. The average Bonchev–Trinajstić information content (AvgIpc) is 2.76. The highest BCUT2D eigenvalue weighted by molar-refractivity contribution is 6.34. The van der Waals surface area contributed by atoms with E-state index in [0.717, 1.165) is 22.0 Å². The lowest BCUT2D eigenvalue weighted by Gasteiger charge is -2.02. The normalized spacial score (nSPS) is 11.0. The molecular weight excluding hydrogens is 307 g/mol. The van der Waals surface area contributed by atoms with Gasteiger partial charge in [0.15, 0.2) is 0 Å². The minimum atomic E-state index is -0.396. The van der Waals surface area contributed by atoms with Crippen LogP contribution < -0.4 is 5.73 Å². The maximum atomic E-state index is 11.2. The summed E-state index contributed by atoms with van der Waals surface area (Å²) in [6, 6.07) is 13.1. The third-order valence-corrected chi connectivity index (χ3v) is 3.90. The minimum Gasteiger partial charge on any atom is -0.368 e. The fraction of sp³-hybridized carbons (Fsp3) is 0.0625. The molecule has 3 aromatic rings. The molecule has 2 N–H and O–H groups in total. The number of nitrogens with two attached hydrogens (primary N) is 1. The molecule has 2 aromatic carbocycles. The van der Waals surface area contributed by atoms with Crippen LogP contribution in [0.4, 0.5) is 0 Å². The van der Waals surface area contributed by atoms with E-state index in [4.69, 9.17) is 28.9 Å². The predicted molar refractivity (Wildman–Crippen MR) is 86.6 cm³/mol. The molecule has 3 rings (SSSR count). The van der Waals surface area contributed by atoms with Gasteiger partial charge in [-0.1, -0.05) is 41.4 Å². The number of hydrogen-bond donors (Lipinski definition) is 1. The zero-order valence-electron chi connectivity index (χ0n) is 11.0.